The van der Waals surface area contributed by atoms with Gasteiger partial charge in [0.2, 0.25) is 17.7 Å². The van der Waals surface area contributed by atoms with Crippen LogP contribution in [-0.2, 0) is 34.9 Å². The second-order valence-corrected chi connectivity index (χ2v) is 17.8. The van der Waals surface area contributed by atoms with Gasteiger partial charge in [0.15, 0.2) is 6.17 Å². The van der Waals surface area contributed by atoms with Gasteiger partial charge in [-0.2, -0.15) is 0 Å². The molecule has 2 bridgehead atoms. The molecule has 18 nitrogen and oxygen atoms in total. The summed E-state index contributed by atoms with van der Waals surface area (Å²) in [6, 6.07) is 6.42. The molecule has 1 saturated heterocycles. The number of unbranched alkanes of at least 4 members (excludes halogenated alkanes) is 2. The maximum Gasteiger partial charge on any atom is 0.497 e. The lowest BCUT2D eigenvalue weighted by Crippen LogP contribution is -2.65. The standard InChI is InChI=1S/C43H67BN10O8/c1-6-7-10-25-12-14-26(15-13-25)29-17-16-27(23-49-29)36(56)50-31(18-20-46)37(57)52-34(24(2)55)39(59)53-35(47)40(60)51-30(11-8-9-19-45)38(58)54-41(48)44-61-33-22-28-21-32(42(28,3)4)43(33,5)62-44/h12-17,23-24,28,30-35,41,55H,6-11,18-22,45-48H2,1-5H3,(H,50,56)(H,51,60)(H,52,57)(H,53,59)(H,54,58)/t24-,28+,30+,31+,32+,33?,34+,35-,41-,43+/m1/s1. The third-order valence-electron chi connectivity index (χ3n) is 13.0. The lowest BCUT2D eigenvalue weighted by atomic mass is 9.43. The van der Waals surface area contributed by atoms with Crippen LogP contribution in [0.1, 0.15) is 102 Å². The fourth-order valence-corrected chi connectivity index (χ4v) is 8.97. The molecule has 0 spiro atoms. The van der Waals surface area contributed by atoms with Crippen molar-refractivity contribution in [3.05, 3.63) is 53.7 Å². The first kappa shape index (κ1) is 48.5. The van der Waals surface area contributed by atoms with E-state index in [0.29, 0.717) is 31.0 Å². The van der Waals surface area contributed by atoms with Crippen LogP contribution in [0.4, 0.5) is 0 Å². The number of aliphatic hydroxyl groups excluding tert-OH is 1. The predicted octanol–water partition coefficient (Wildman–Crippen LogP) is 0.0873. The van der Waals surface area contributed by atoms with Crippen LogP contribution in [-0.4, -0.2) is 108 Å². The first-order chi connectivity index (χ1) is 29.4. The number of carbonyl (C=O) groups excluding carboxylic acids is 5. The van der Waals surface area contributed by atoms with Gasteiger partial charge >= 0.3 is 7.12 Å². The zero-order valence-electron chi connectivity index (χ0n) is 36.7. The number of aromatic nitrogens is 1. The molecule has 1 aliphatic heterocycles. The van der Waals surface area contributed by atoms with Crippen molar-refractivity contribution >= 4 is 36.7 Å². The lowest BCUT2D eigenvalue weighted by molar-refractivity contribution is -0.199. The fraction of sp³-hybridized carbons (Fsp3) is 0.628. The lowest BCUT2D eigenvalue weighted by Gasteiger charge is -2.64. The van der Waals surface area contributed by atoms with Crippen molar-refractivity contribution in [3.63, 3.8) is 0 Å². The number of nitrogens with two attached hydrogens (primary N) is 4. The summed E-state index contributed by atoms with van der Waals surface area (Å²) in [6.45, 7) is 10.3. The Morgan fingerprint density at radius 1 is 0.839 bits per heavy atom. The SMILES string of the molecule is CCCCc1ccc(-c2ccc(C(=O)N[C@@H](CCN)C(=O)N[C@H](C(=O)N[C@@H](N)C(=O)N[C@@H](CCCCN)C(=O)N[C@@H](N)B3OC4C[C@@H]5C[C@@H](C5(C)C)[C@]4(C)O3)[C@@H](C)O)cn2)cc1. The maximum atomic E-state index is 13.6. The molecule has 1 aromatic heterocycles. The van der Waals surface area contributed by atoms with Gasteiger partial charge in [-0.1, -0.05) is 51.5 Å². The maximum absolute atomic E-state index is 13.6. The zero-order chi connectivity index (χ0) is 45.4. The Hall–Kier alpha value is -4.50. The van der Waals surface area contributed by atoms with Crippen molar-refractivity contribution in [2.45, 2.75) is 141 Å². The van der Waals surface area contributed by atoms with Crippen LogP contribution in [0, 0.1) is 17.3 Å². The number of aryl methyl sites for hydroxylation is 1. The molecule has 3 saturated carbocycles. The normalized spacial score (nSPS) is 23.9. The van der Waals surface area contributed by atoms with Gasteiger partial charge < -0.3 is 63.9 Å². The fourth-order valence-electron chi connectivity index (χ4n) is 8.97. The minimum Gasteiger partial charge on any atom is -0.403 e. The summed E-state index contributed by atoms with van der Waals surface area (Å²) in [7, 11) is -0.899. The van der Waals surface area contributed by atoms with Gasteiger partial charge in [0.1, 0.15) is 24.2 Å². The summed E-state index contributed by atoms with van der Waals surface area (Å²) >= 11 is 0. The predicted molar refractivity (Wildman–Crippen MR) is 234 cm³/mol. The number of amides is 5. The van der Waals surface area contributed by atoms with E-state index >= 15 is 0 Å². The molecular weight excluding hydrogens is 795 g/mol. The minimum absolute atomic E-state index is 0.00113. The van der Waals surface area contributed by atoms with Crippen LogP contribution < -0.4 is 49.5 Å². The highest BCUT2D eigenvalue weighted by atomic mass is 16.7. The Bertz CT molecular complexity index is 1870. The summed E-state index contributed by atoms with van der Waals surface area (Å²) in [5.41, 5.74) is 26.5. The average Bonchev–Trinajstić information content (AvgIpc) is 3.61. The molecule has 4 aliphatic rings. The molecule has 0 radical (unpaired) electrons. The molecule has 1 aromatic carbocycles. The molecule has 10 atom stereocenters. The quantitative estimate of drug-likeness (QED) is 0.0427. The number of aliphatic hydroxyl groups is 1. The number of rotatable bonds is 22. The average molecular weight is 863 g/mol. The summed E-state index contributed by atoms with van der Waals surface area (Å²) in [4.78, 5) is 71.4. The second-order valence-electron chi connectivity index (χ2n) is 17.8. The van der Waals surface area contributed by atoms with Crippen molar-refractivity contribution < 1.29 is 38.4 Å². The van der Waals surface area contributed by atoms with E-state index in [-0.39, 0.29) is 42.4 Å². The zero-order valence-corrected chi connectivity index (χ0v) is 36.7. The van der Waals surface area contributed by atoms with E-state index in [0.717, 1.165) is 37.7 Å². The molecule has 1 unspecified atom stereocenters. The number of nitrogens with zero attached hydrogens (tertiary/aromatic N) is 1. The molecule has 4 fully saturated rings. The second kappa shape index (κ2) is 21.3. The number of carbonyl (C=O) groups is 5. The Labute approximate surface area is 364 Å². The van der Waals surface area contributed by atoms with Crippen LogP contribution in [0.25, 0.3) is 11.3 Å². The van der Waals surface area contributed by atoms with Crippen LogP contribution in [0.2, 0.25) is 0 Å². The van der Waals surface area contributed by atoms with Gasteiger partial charge in [-0.25, -0.2) is 0 Å². The highest BCUT2D eigenvalue weighted by molar-refractivity contribution is 6.47. The van der Waals surface area contributed by atoms with Crippen molar-refractivity contribution in [1.82, 2.24) is 31.6 Å². The van der Waals surface area contributed by atoms with E-state index < -0.39 is 78.7 Å². The van der Waals surface area contributed by atoms with E-state index in [4.69, 9.17) is 32.2 Å². The van der Waals surface area contributed by atoms with Gasteiger partial charge in [0.25, 0.3) is 11.8 Å². The summed E-state index contributed by atoms with van der Waals surface area (Å²) in [5, 5.41) is 23.2. The number of hydrogen-bond acceptors (Lipinski definition) is 13. The molecule has 340 valence electrons. The van der Waals surface area contributed by atoms with E-state index in [1.807, 2.05) is 19.1 Å². The highest BCUT2D eigenvalue weighted by Crippen LogP contribution is 2.65. The van der Waals surface area contributed by atoms with Crippen molar-refractivity contribution in [1.29, 1.82) is 0 Å². The largest absolute Gasteiger partial charge is 0.497 e. The van der Waals surface area contributed by atoms with Crippen LogP contribution in [0.15, 0.2) is 42.6 Å². The van der Waals surface area contributed by atoms with Gasteiger partial charge in [-0.05, 0) is 113 Å². The Morgan fingerprint density at radius 2 is 1.53 bits per heavy atom. The van der Waals surface area contributed by atoms with Crippen LogP contribution in [0.3, 0.4) is 0 Å². The molecule has 62 heavy (non-hydrogen) atoms. The first-order valence-corrected chi connectivity index (χ1v) is 21.9. The molecule has 6 rings (SSSR count). The topological polar surface area (TPSA) is 301 Å². The molecule has 3 aliphatic carbocycles. The molecule has 14 N–H and O–H groups in total. The number of benzene rings is 1. The minimum atomic E-state index is -1.70. The Kier molecular flexibility index (Phi) is 16.6. The van der Waals surface area contributed by atoms with E-state index in [1.54, 1.807) is 12.1 Å². The Morgan fingerprint density at radius 3 is 2.15 bits per heavy atom. The summed E-state index contributed by atoms with van der Waals surface area (Å²) < 4.78 is 12.6. The smallest absolute Gasteiger partial charge is 0.403 e. The number of nitrogens with one attached hydrogen (secondary N) is 5. The summed E-state index contributed by atoms with van der Waals surface area (Å²) in [6.07, 6.45) is 4.41. The van der Waals surface area contributed by atoms with Gasteiger partial charge in [-0.3, -0.25) is 29.0 Å². The van der Waals surface area contributed by atoms with Crippen LogP contribution >= 0.6 is 0 Å². The van der Waals surface area contributed by atoms with Gasteiger partial charge in [0.05, 0.1) is 29.1 Å². The van der Waals surface area contributed by atoms with Crippen molar-refractivity contribution in [2.75, 3.05) is 13.1 Å². The van der Waals surface area contributed by atoms with E-state index in [2.05, 4.69) is 64.5 Å². The number of pyridine rings is 1. The molecule has 2 heterocycles. The first-order valence-electron chi connectivity index (χ1n) is 21.9. The third kappa shape index (κ3) is 11.4. The van der Waals surface area contributed by atoms with Crippen molar-refractivity contribution in [2.24, 2.45) is 40.2 Å². The Balaban J connectivity index is 1.15. The van der Waals surface area contributed by atoms with Gasteiger partial charge in [0, 0.05) is 11.8 Å². The van der Waals surface area contributed by atoms with Crippen LogP contribution in [0.5, 0.6) is 0 Å². The van der Waals surface area contributed by atoms with E-state index in [9.17, 15) is 29.1 Å². The summed E-state index contributed by atoms with van der Waals surface area (Å²) in [5.74, 6) is -3.13. The number of hydrogen-bond donors (Lipinski definition) is 10. The third-order valence-corrected chi connectivity index (χ3v) is 13.0. The van der Waals surface area contributed by atoms with E-state index in [1.165, 1.54) is 18.7 Å². The molecule has 19 heteroatoms. The molecule has 2 aromatic rings. The molecule has 5 amide bonds. The van der Waals surface area contributed by atoms with Gasteiger partial charge in [-0.15, -0.1) is 0 Å². The highest BCUT2D eigenvalue weighted by Gasteiger charge is 2.68. The molecular formula is C43H67BN10O8. The van der Waals surface area contributed by atoms with Crippen molar-refractivity contribution in [3.8, 4) is 11.3 Å². The monoisotopic (exact) mass is 863 g/mol.